The van der Waals surface area contributed by atoms with Crippen LogP contribution in [-0.2, 0) is 6.54 Å². The zero-order valence-corrected chi connectivity index (χ0v) is 9.15. The minimum atomic E-state index is -0.315. The summed E-state index contributed by atoms with van der Waals surface area (Å²) < 4.78 is 0. The lowest BCUT2D eigenvalue weighted by Gasteiger charge is -2.31. The fourth-order valence-electron chi connectivity index (χ4n) is 1.94. The number of nitrogens with one attached hydrogen (secondary N) is 2. The van der Waals surface area contributed by atoms with Crippen LogP contribution in [-0.4, -0.2) is 40.0 Å². The third kappa shape index (κ3) is 2.73. The number of nitrogens with zero attached hydrogens (tertiary/aromatic N) is 2. The van der Waals surface area contributed by atoms with E-state index in [-0.39, 0.29) is 6.03 Å². The predicted molar refractivity (Wildman–Crippen MR) is 59.6 cm³/mol. The number of likely N-dealkylation sites (tertiary alicyclic amines) is 1. The average molecular weight is 223 g/mol. The van der Waals surface area contributed by atoms with Crippen molar-refractivity contribution in [2.24, 2.45) is 5.73 Å². The van der Waals surface area contributed by atoms with Gasteiger partial charge in [0.05, 0.1) is 6.54 Å². The summed E-state index contributed by atoms with van der Waals surface area (Å²) in [6.07, 6.45) is 5.45. The van der Waals surface area contributed by atoms with Crippen molar-refractivity contribution in [1.82, 2.24) is 20.2 Å². The van der Waals surface area contributed by atoms with Gasteiger partial charge >= 0.3 is 6.03 Å². The number of nitrogens with two attached hydrogens (primary N) is 1. The number of hydrogen-bond donors (Lipinski definition) is 3. The summed E-state index contributed by atoms with van der Waals surface area (Å²) in [4.78, 5) is 19.8. The Bertz CT molecular complexity index is 329. The van der Waals surface area contributed by atoms with E-state index in [2.05, 4.69) is 15.3 Å². The number of carbonyl (C=O) groups is 1. The lowest BCUT2D eigenvalue weighted by atomic mass is 10.1. The van der Waals surface area contributed by atoms with E-state index in [1.807, 2.05) is 6.20 Å². The van der Waals surface area contributed by atoms with Crippen molar-refractivity contribution in [3.63, 3.8) is 0 Å². The smallest absolute Gasteiger partial charge is 0.314 e. The van der Waals surface area contributed by atoms with E-state index in [4.69, 9.17) is 5.73 Å². The van der Waals surface area contributed by atoms with E-state index in [0.717, 1.165) is 38.3 Å². The molecule has 1 aliphatic heterocycles. The molecule has 1 fully saturated rings. The highest BCUT2D eigenvalue weighted by molar-refractivity contribution is 5.72. The molecule has 0 spiro atoms. The zero-order valence-electron chi connectivity index (χ0n) is 9.15. The van der Waals surface area contributed by atoms with Crippen LogP contribution in [0.4, 0.5) is 4.79 Å². The number of carbonyl (C=O) groups excluding carboxylic acids is 1. The Labute approximate surface area is 94.2 Å². The van der Waals surface area contributed by atoms with Crippen molar-refractivity contribution in [3.05, 3.63) is 18.2 Å². The number of aromatic amines is 1. The minimum absolute atomic E-state index is 0.315. The van der Waals surface area contributed by atoms with E-state index in [1.165, 1.54) is 0 Å². The van der Waals surface area contributed by atoms with Gasteiger partial charge in [0.1, 0.15) is 5.82 Å². The molecule has 1 saturated heterocycles. The third-order valence-corrected chi connectivity index (χ3v) is 2.92. The second-order valence-corrected chi connectivity index (χ2v) is 4.02. The second-order valence-electron chi connectivity index (χ2n) is 4.02. The number of rotatable bonds is 3. The molecule has 1 aromatic heterocycles. The van der Waals surface area contributed by atoms with Gasteiger partial charge in [0.25, 0.3) is 0 Å². The molecule has 0 bridgehead atoms. The van der Waals surface area contributed by atoms with E-state index in [1.54, 1.807) is 11.1 Å². The van der Waals surface area contributed by atoms with Gasteiger partial charge in [0, 0.05) is 31.5 Å². The molecule has 0 aliphatic carbocycles. The van der Waals surface area contributed by atoms with Gasteiger partial charge in [0.2, 0.25) is 0 Å². The summed E-state index contributed by atoms with van der Waals surface area (Å²) in [7, 11) is 0. The molecule has 2 heterocycles. The van der Waals surface area contributed by atoms with Gasteiger partial charge in [-0.15, -0.1) is 0 Å². The van der Waals surface area contributed by atoms with E-state index in [9.17, 15) is 4.79 Å². The van der Waals surface area contributed by atoms with Crippen LogP contribution < -0.4 is 11.1 Å². The molecule has 6 heteroatoms. The van der Waals surface area contributed by atoms with Crippen molar-refractivity contribution in [3.8, 4) is 0 Å². The van der Waals surface area contributed by atoms with Crippen molar-refractivity contribution in [2.45, 2.75) is 25.4 Å². The number of imidazole rings is 1. The molecule has 1 aromatic rings. The first-order chi connectivity index (χ1) is 7.75. The van der Waals surface area contributed by atoms with Crippen molar-refractivity contribution < 1.29 is 4.79 Å². The maximum atomic E-state index is 10.9. The van der Waals surface area contributed by atoms with Gasteiger partial charge in [-0.25, -0.2) is 9.78 Å². The van der Waals surface area contributed by atoms with Crippen molar-refractivity contribution in [1.29, 1.82) is 0 Å². The number of hydrogen-bond acceptors (Lipinski definition) is 3. The molecule has 6 nitrogen and oxygen atoms in total. The zero-order chi connectivity index (χ0) is 11.4. The van der Waals surface area contributed by atoms with E-state index in [0.29, 0.717) is 6.04 Å². The molecule has 4 N–H and O–H groups in total. The Morgan fingerprint density at radius 2 is 2.38 bits per heavy atom. The number of primary amides is 1. The highest BCUT2D eigenvalue weighted by Gasteiger charge is 2.20. The third-order valence-electron chi connectivity index (χ3n) is 2.92. The minimum Gasteiger partial charge on any atom is -0.351 e. The molecule has 2 rings (SSSR count). The SMILES string of the molecule is NC(=O)N1CCC(NCc2ncc[nH]2)CC1. The normalized spacial score (nSPS) is 17.6. The first kappa shape index (κ1) is 10.9. The lowest BCUT2D eigenvalue weighted by Crippen LogP contribution is -2.46. The summed E-state index contributed by atoms with van der Waals surface area (Å²) in [6.45, 7) is 2.23. The average Bonchev–Trinajstić information content (AvgIpc) is 2.80. The van der Waals surface area contributed by atoms with Crippen LogP contribution in [0.1, 0.15) is 18.7 Å². The summed E-state index contributed by atoms with van der Waals surface area (Å²) in [5.41, 5.74) is 5.22. The number of piperidine rings is 1. The Morgan fingerprint density at radius 1 is 1.62 bits per heavy atom. The molecule has 0 atom stereocenters. The Kier molecular flexibility index (Phi) is 3.40. The van der Waals surface area contributed by atoms with Crippen LogP contribution in [0, 0.1) is 0 Å². The molecular formula is C10H17N5O. The van der Waals surface area contributed by atoms with Crippen molar-refractivity contribution in [2.75, 3.05) is 13.1 Å². The molecule has 0 saturated carbocycles. The number of urea groups is 1. The first-order valence-corrected chi connectivity index (χ1v) is 5.51. The highest BCUT2D eigenvalue weighted by atomic mass is 16.2. The number of aromatic nitrogens is 2. The predicted octanol–water partition coefficient (Wildman–Crippen LogP) is 0.0424. The standard InChI is InChI=1S/C10H17N5O/c11-10(16)15-5-1-8(2-6-15)14-7-9-12-3-4-13-9/h3-4,8,14H,1-2,5-7H2,(H2,11,16)(H,12,13). The molecule has 88 valence electrons. The van der Waals surface area contributed by atoms with Gasteiger partial charge in [-0.05, 0) is 12.8 Å². The van der Waals surface area contributed by atoms with E-state index < -0.39 is 0 Å². The Hall–Kier alpha value is -1.56. The Balaban J connectivity index is 1.71. The van der Waals surface area contributed by atoms with Gasteiger partial charge in [-0.1, -0.05) is 0 Å². The highest BCUT2D eigenvalue weighted by Crippen LogP contribution is 2.10. The molecular weight excluding hydrogens is 206 g/mol. The van der Waals surface area contributed by atoms with Crippen LogP contribution in [0.25, 0.3) is 0 Å². The van der Waals surface area contributed by atoms with Crippen LogP contribution in [0.3, 0.4) is 0 Å². The Morgan fingerprint density at radius 3 is 2.94 bits per heavy atom. The summed E-state index contributed by atoms with van der Waals surface area (Å²) in [6, 6.07) is 0.130. The van der Waals surface area contributed by atoms with Crippen molar-refractivity contribution >= 4 is 6.03 Å². The summed E-state index contributed by atoms with van der Waals surface area (Å²) in [5, 5.41) is 3.41. The molecule has 16 heavy (non-hydrogen) atoms. The fourth-order valence-corrected chi connectivity index (χ4v) is 1.94. The topological polar surface area (TPSA) is 87.0 Å². The van der Waals surface area contributed by atoms with Crippen LogP contribution in [0.2, 0.25) is 0 Å². The molecule has 0 aromatic carbocycles. The molecule has 1 aliphatic rings. The van der Waals surface area contributed by atoms with Gasteiger partial charge < -0.3 is 20.9 Å². The quantitative estimate of drug-likeness (QED) is 0.676. The van der Waals surface area contributed by atoms with Gasteiger partial charge in [0.15, 0.2) is 0 Å². The fraction of sp³-hybridized carbons (Fsp3) is 0.600. The largest absolute Gasteiger partial charge is 0.351 e. The van der Waals surface area contributed by atoms with E-state index >= 15 is 0 Å². The number of H-pyrrole nitrogens is 1. The monoisotopic (exact) mass is 223 g/mol. The van der Waals surface area contributed by atoms with Crippen LogP contribution in [0.15, 0.2) is 12.4 Å². The summed E-state index contributed by atoms with van der Waals surface area (Å²) in [5.74, 6) is 0.942. The summed E-state index contributed by atoms with van der Waals surface area (Å²) >= 11 is 0. The second kappa shape index (κ2) is 4.98. The molecule has 0 radical (unpaired) electrons. The maximum Gasteiger partial charge on any atom is 0.314 e. The first-order valence-electron chi connectivity index (χ1n) is 5.51. The number of amides is 2. The van der Waals surface area contributed by atoms with Crippen LogP contribution in [0.5, 0.6) is 0 Å². The maximum absolute atomic E-state index is 10.9. The van der Waals surface area contributed by atoms with Gasteiger partial charge in [-0.2, -0.15) is 0 Å². The van der Waals surface area contributed by atoms with Gasteiger partial charge in [-0.3, -0.25) is 0 Å². The molecule has 0 unspecified atom stereocenters. The van der Waals surface area contributed by atoms with Crippen LogP contribution >= 0.6 is 0 Å². The lowest BCUT2D eigenvalue weighted by molar-refractivity contribution is 0.185. The molecule has 2 amide bonds.